The van der Waals surface area contributed by atoms with Crippen molar-refractivity contribution in [3.05, 3.63) is 11.1 Å². The maximum absolute atomic E-state index is 11.7. The number of aryl methyl sites for hydroxylation is 1. The molecule has 0 fully saturated rings. The predicted octanol–water partition coefficient (Wildman–Crippen LogP) is 2.80. The van der Waals surface area contributed by atoms with Crippen molar-refractivity contribution in [1.82, 2.24) is 9.88 Å². The van der Waals surface area contributed by atoms with Gasteiger partial charge in [-0.25, -0.2) is 4.98 Å². The van der Waals surface area contributed by atoms with Crippen molar-refractivity contribution in [2.24, 2.45) is 0 Å². The van der Waals surface area contributed by atoms with Crippen LogP contribution in [0.15, 0.2) is 9.72 Å². The van der Waals surface area contributed by atoms with Crippen LogP contribution in [0, 0.1) is 6.92 Å². The second-order valence-electron chi connectivity index (χ2n) is 3.42. The molecule has 0 bridgehead atoms. The highest BCUT2D eigenvalue weighted by atomic mass is 32.2. The summed E-state index contributed by atoms with van der Waals surface area (Å²) in [5, 5.41) is 2.04. The van der Waals surface area contributed by atoms with Gasteiger partial charge in [0.25, 0.3) is 0 Å². The molecule has 0 unspecified atom stereocenters. The first-order valence-electron chi connectivity index (χ1n) is 5.50. The number of thiazole rings is 1. The Bertz CT molecular complexity index is 334. The normalized spacial score (nSPS) is 10.4. The van der Waals surface area contributed by atoms with Gasteiger partial charge in [-0.3, -0.25) is 4.79 Å². The predicted molar refractivity (Wildman–Crippen MR) is 70.1 cm³/mol. The molecule has 0 aliphatic heterocycles. The highest BCUT2D eigenvalue weighted by Crippen LogP contribution is 2.22. The average molecular weight is 258 g/mol. The Labute approximate surface area is 105 Å². The lowest BCUT2D eigenvalue weighted by Crippen LogP contribution is -2.30. The van der Waals surface area contributed by atoms with E-state index in [0.29, 0.717) is 6.42 Å². The summed E-state index contributed by atoms with van der Waals surface area (Å²) in [4.78, 5) is 17.9. The lowest BCUT2D eigenvalue weighted by molar-refractivity contribution is -0.130. The fourth-order valence-electron chi connectivity index (χ4n) is 1.36. The van der Waals surface area contributed by atoms with Crippen LogP contribution in [0.1, 0.15) is 26.0 Å². The van der Waals surface area contributed by atoms with E-state index in [2.05, 4.69) is 4.98 Å². The molecular formula is C11H18N2OS2. The number of aromatic nitrogens is 1. The van der Waals surface area contributed by atoms with E-state index >= 15 is 0 Å². The number of nitrogens with zero attached hydrogens (tertiary/aromatic N) is 2. The number of hydrogen-bond donors (Lipinski definition) is 0. The summed E-state index contributed by atoms with van der Waals surface area (Å²) in [5.74, 6) is 1.06. The third-order valence-corrected chi connectivity index (χ3v) is 4.40. The number of thioether (sulfide) groups is 1. The minimum atomic E-state index is 0.241. The number of rotatable bonds is 6. The smallest absolute Gasteiger partial charge is 0.223 e. The van der Waals surface area contributed by atoms with Crippen LogP contribution in [-0.2, 0) is 4.79 Å². The molecule has 16 heavy (non-hydrogen) atoms. The van der Waals surface area contributed by atoms with Gasteiger partial charge in [-0.15, -0.1) is 11.3 Å². The van der Waals surface area contributed by atoms with Crippen molar-refractivity contribution < 1.29 is 4.79 Å². The van der Waals surface area contributed by atoms with Gasteiger partial charge in [0, 0.05) is 36.3 Å². The monoisotopic (exact) mass is 258 g/mol. The van der Waals surface area contributed by atoms with Crippen LogP contribution in [0.5, 0.6) is 0 Å². The lowest BCUT2D eigenvalue weighted by Gasteiger charge is -2.17. The number of amides is 1. The Morgan fingerprint density at radius 2 is 2.19 bits per heavy atom. The standard InChI is InChI=1S/C11H18N2OS2/c1-4-13(5-2)10(14)6-7-15-11-12-9(3)8-16-11/h8H,4-7H2,1-3H3. The molecule has 1 aromatic rings. The van der Waals surface area contributed by atoms with E-state index in [-0.39, 0.29) is 5.91 Å². The SMILES string of the molecule is CCN(CC)C(=O)CCSc1nc(C)cs1. The van der Waals surface area contributed by atoms with Crippen LogP contribution in [0.25, 0.3) is 0 Å². The van der Waals surface area contributed by atoms with Gasteiger partial charge in [-0.2, -0.15) is 0 Å². The van der Waals surface area contributed by atoms with Gasteiger partial charge in [-0.1, -0.05) is 11.8 Å². The molecule has 5 heteroatoms. The van der Waals surface area contributed by atoms with Crippen molar-refractivity contribution in [2.75, 3.05) is 18.8 Å². The maximum Gasteiger partial charge on any atom is 0.223 e. The van der Waals surface area contributed by atoms with E-state index in [4.69, 9.17) is 0 Å². The highest BCUT2D eigenvalue weighted by Gasteiger charge is 2.09. The number of carbonyl (C=O) groups excluding carboxylic acids is 1. The fourth-order valence-corrected chi connectivity index (χ4v) is 3.21. The Kier molecular flexibility index (Phi) is 5.84. The number of carbonyl (C=O) groups is 1. The molecule has 0 aliphatic rings. The molecule has 0 atom stereocenters. The van der Waals surface area contributed by atoms with Gasteiger partial charge in [0.2, 0.25) is 5.91 Å². The van der Waals surface area contributed by atoms with Gasteiger partial charge in [0.05, 0.1) is 0 Å². The first-order chi connectivity index (χ1) is 7.67. The summed E-state index contributed by atoms with van der Waals surface area (Å²) in [6.45, 7) is 7.62. The van der Waals surface area contributed by atoms with Crippen LogP contribution in [-0.4, -0.2) is 34.6 Å². The molecule has 1 amide bonds. The van der Waals surface area contributed by atoms with E-state index in [1.165, 1.54) is 0 Å². The molecule has 3 nitrogen and oxygen atoms in total. The molecule has 1 aromatic heterocycles. The minimum absolute atomic E-state index is 0.241. The zero-order valence-electron chi connectivity index (χ0n) is 10.0. The molecule has 0 aliphatic carbocycles. The van der Waals surface area contributed by atoms with Crippen LogP contribution in [0.4, 0.5) is 0 Å². The van der Waals surface area contributed by atoms with Gasteiger partial charge < -0.3 is 4.90 Å². The van der Waals surface area contributed by atoms with Gasteiger partial charge in [0.15, 0.2) is 0 Å². The molecule has 0 aromatic carbocycles. The van der Waals surface area contributed by atoms with Crippen molar-refractivity contribution in [3.63, 3.8) is 0 Å². The first-order valence-corrected chi connectivity index (χ1v) is 7.36. The summed E-state index contributed by atoms with van der Waals surface area (Å²) in [7, 11) is 0. The van der Waals surface area contributed by atoms with E-state index in [0.717, 1.165) is 28.9 Å². The largest absolute Gasteiger partial charge is 0.343 e. The minimum Gasteiger partial charge on any atom is -0.343 e. The van der Waals surface area contributed by atoms with E-state index in [1.54, 1.807) is 23.1 Å². The Hall–Kier alpha value is -0.550. The Balaban J connectivity index is 2.27. The molecule has 0 spiro atoms. The third-order valence-electron chi connectivity index (χ3n) is 2.26. The topological polar surface area (TPSA) is 33.2 Å². The second kappa shape index (κ2) is 6.91. The molecule has 0 N–H and O–H groups in total. The van der Waals surface area contributed by atoms with E-state index in [1.807, 2.05) is 31.1 Å². The van der Waals surface area contributed by atoms with Crippen LogP contribution in [0.2, 0.25) is 0 Å². The molecule has 1 rings (SSSR count). The maximum atomic E-state index is 11.7. The Morgan fingerprint density at radius 3 is 2.69 bits per heavy atom. The second-order valence-corrected chi connectivity index (χ2v) is 5.62. The third kappa shape index (κ3) is 4.14. The summed E-state index contributed by atoms with van der Waals surface area (Å²) in [5.41, 5.74) is 1.06. The lowest BCUT2D eigenvalue weighted by atomic mass is 10.4. The van der Waals surface area contributed by atoms with E-state index in [9.17, 15) is 4.79 Å². The summed E-state index contributed by atoms with van der Waals surface area (Å²) in [6.07, 6.45) is 0.602. The zero-order valence-corrected chi connectivity index (χ0v) is 11.7. The van der Waals surface area contributed by atoms with Crippen LogP contribution in [0.3, 0.4) is 0 Å². The van der Waals surface area contributed by atoms with Crippen molar-refractivity contribution in [2.45, 2.75) is 31.5 Å². The molecule has 0 saturated heterocycles. The highest BCUT2D eigenvalue weighted by molar-refractivity contribution is 8.01. The van der Waals surface area contributed by atoms with Gasteiger partial charge in [0.1, 0.15) is 4.34 Å². The quantitative estimate of drug-likeness (QED) is 0.736. The first kappa shape index (κ1) is 13.5. The molecule has 1 heterocycles. The summed E-state index contributed by atoms with van der Waals surface area (Å²) >= 11 is 3.32. The molecule has 0 radical (unpaired) electrons. The summed E-state index contributed by atoms with van der Waals surface area (Å²) in [6, 6.07) is 0. The van der Waals surface area contributed by atoms with Crippen molar-refractivity contribution in [3.8, 4) is 0 Å². The van der Waals surface area contributed by atoms with E-state index < -0.39 is 0 Å². The van der Waals surface area contributed by atoms with Crippen molar-refractivity contribution >= 4 is 29.0 Å². The molecular weight excluding hydrogens is 240 g/mol. The zero-order chi connectivity index (χ0) is 12.0. The Morgan fingerprint density at radius 1 is 1.50 bits per heavy atom. The van der Waals surface area contributed by atoms with Crippen molar-refractivity contribution in [1.29, 1.82) is 0 Å². The van der Waals surface area contributed by atoms with Crippen LogP contribution >= 0.6 is 23.1 Å². The number of hydrogen-bond acceptors (Lipinski definition) is 4. The average Bonchev–Trinajstić information content (AvgIpc) is 2.66. The van der Waals surface area contributed by atoms with Gasteiger partial charge in [-0.05, 0) is 20.8 Å². The molecule has 90 valence electrons. The van der Waals surface area contributed by atoms with Gasteiger partial charge >= 0.3 is 0 Å². The molecule has 0 saturated carbocycles. The van der Waals surface area contributed by atoms with Crippen LogP contribution < -0.4 is 0 Å². The fraction of sp³-hybridized carbons (Fsp3) is 0.636. The summed E-state index contributed by atoms with van der Waals surface area (Å²) < 4.78 is 1.06.